The summed E-state index contributed by atoms with van der Waals surface area (Å²) in [7, 11) is -3.24. The van der Waals surface area contributed by atoms with Crippen LogP contribution in [-0.4, -0.2) is 24.5 Å². The summed E-state index contributed by atoms with van der Waals surface area (Å²) in [6.45, 7) is 0. The molecule has 0 aliphatic rings. The van der Waals surface area contributed by atoms with Gasteiger partial charge in [-0.25, -0.2) is 8.63 Å². The van der Waals surface area contributed by atoms with Gasteiger partial charge in [-0.05, 0) is 0 Å². The topological polar surface area (TPSA) is 63.6 Å². The highest BCUT2D eigenvalue weighted by molar-refractivity contribution is 6.37. The lowest BCUT2D eigenvalue weighted by Crippen LogP contribution is -2.16. The van der Waals surface area contributed by atoms with Crippen molar-refractivity contribution in [3.05, 3.63) is 0 Å². The fourth-order valence-corrected chi connectivity index (χ4v) is 0.265. The van der Waals surface area contributed by atoms with Crippen molar-refractivity contribution < 1.29 is 28.0 Å². The Bertz CT molecular complexity index is 147. The van der Waals surface area contributed by atoms with Crippen molar-refractivity contribution in [2.24, 2.45) is 0 Å². The number of hydrogen-bond acceptors (Lipinski definition) is 3. The van der Waals surface area contributed by atoms with Crippen molar-refractivity contribution in [3.63, 3.8) is 0 Å². The molecule has 0 saturated heterocycles. The first kappa shape index (κ1) is 8.86. The standard InChI is InChI=1S/C3H3BF2O4/c5-4(6)10-3(9)1-2(7)8/h1H2,(H,7,8). The van der Waals surface area contributed by atoms with Crippen molar-refractivity contribution in [2.45, 2.75) is 6.42 Å². The van der Waals surface area contributed by atoms with E-state index in [9.17, 15) is 18.2 Å². The molecule has 1 N–H and O–H groups in total. The van der Waals surface area contributed by atoms with Crippen LogP contribution < -0.4 is 0 Å². The minimum Gasteiger partial charge on any atom is -0.481 e. The molecule has 0 unspecified atom stereocenters. The number of carbonyl (C=O) groups is 2. The van der Waals surface area contributed by atoms with Gasteiger partial charge < -0.3 is 9.76 Å². The van der Waals surface area contributed by atoms with Gasteiger partial charge in [-0.15, -0.1) is 0 Å². The van der Waals surface area contributed by atoms with Crippen LogP contribution in [0.3, 0.4) is 0 Å². The van der Waals surface area contributed by atoms with E-state index in [2.05, 4.69) is 4.65 Å². The number of aliphatic carboxylic acids is 1. The molecule has 56 valence electrons. The van der Waals surface area contributed by atoms with Gasteiger partial charge in [0.25, 0.3) is 0 Å². The highest BCUT2D eigenvalue weighted by Gasteiger charge is 2.22. The summed E-state index contributed by atoms with van der Waals surface area (Å²) < 4.78 is 25.4. The average molecular weight is 152 g/mol. The van der Waals surface area contributed by atoms with Gasteiger partial charge in [0.15, 0.2) is 0 Å². The van der Waals surface area contributed by atoms with Gasteiger partial charge in [0.1, 0.15) is 6.42 Å². The summed E-state index contributed by atoms with van der Waals surface area (Å²) in [6.07, 6.45) is -1.04. The Hall–Kier alpha value is -1.14. The van der Waals surface area contributed by atoms with Crippen LogP contribution >= 0.6 is 0 Å². The second kappa shape index (κ2) is 3.81. The number of carboxylic acid groups (broad SMARTS) is 1. The van der Waals surface area contributed by atoms with E-state index in [1.54, 1.807) is 0 Å². The van der Waals surface area contributed by atoms with E-state index in [1.165, 1.54) is 0 Å². The summed E-state index contributed by atoms with van der Waals surface area (Å²) in [5, 5.41) is 7.85. The summed E-state index contributed by atoms with van der Waals surface area (Å²) >= 11 is 0. The van der Waals surface area contributed by atoms with Crippen LogP contribution in [0.1, 0.15) is 6.42 Å². The minimum atomic E-state index is -3.24. The lowest BCUT2D eigenvalue weighted by molar-refractivity contribution is -0.146. The van der Waals surface area contributed by atoms with Gasteiger partial charge in [0.05, 0.1) is 0 Å². The number of halogens is 2. The SMILES string of the molecule is O=C(O)CC(=O)OB(F)F. The first-order valence-electron chi connectivity index (χ1n) is 2.22. The zero-order chi connectivity index (χ0) is 8.15. The lowest BCUT2D eigenvalue weighted by Gasteiger charge is -1.95. The van der Waals surface area contributed by atoms with E-state index in [0.717, 1.165) is 0 Å². The molecule has 0 fully saturated rings. The molecule has 0 saturated carbocycles. The molecule has 0 spiro atoms. The first-order chi connectivity index (χ1) is 4.52. The fourth-order valence-electron chi connectivity index (χ4n) is 0.265. The van der Waals surface area contributed by atoms with Crippen LogP contribution in [-0.2, 0) is 14.2 Å². The zero-order valence-electron chi connectivity index (χ0n) is 4.71. The van der Waals surface area contributed by atoms with Crippen molar-refractivity contribution >= 4 is 19.4 Å². The number of hydrogen-bond donors (Lipinski definition) is 1. The number of rotatable bonds is 3. The molecule has 0 bridgehead atoms. The first-order valence-corrected chi connectivity index (χ1v) is 2.22. The number of carbonyl (C=O) groups excluding carboxylic acids is 1. The largest absolute Gasteiger partial charge is 0.798 e. The molecule has 0 aromatic rings. The Morgan fingerprint density at radius 3 is 2.30 bits per heavy atom. The Kier molecular flexibility index (Phi) is 3.38. The van der Waals surface area contributed by atoms with E-state index in [-0.39, 0.29) is 0 Å². The highest BCUT2D eigenvalue weighted by Crippen LogP contribution is 1.92. The van der Waals surface area contributed by atoms with Crippen molar-refractivity contribution in [1.29, 1.82) is 0 Å². The lowest BCUT2D eigenvalue weighted by atomic mass is 10.3. The van der Waals surface area contributed by atoms with Crippen LogP contribution in [0.2, 0.25) is 0 Å². The van der Waals surface area contributed by atoms with Gasteiger partial charge in [-0.3, -0.25) is 9.59 Å². The molecular weight excluding hydrogens is 149 g/mol. The maximum Gasteiger partial charge on any atom is 0.798 e. The Morgan fingerprint density at radius 2 is 2.00 bits per heavy atom. The Labute approximate surface area is 55.0 Å². The molecule has 4 nitrogen and oxygen atoms in total. The summed E-state index contributed by atoms with van der Waals surface area (Å²) in [5.41, 5.74) is 0. The fraction of sp³-hybridized carbons (Fsp3) is 0.333. The highest BCUT2D eigenvalue weighted by atomic mass is 19.2. The number of carboxylic acids is 1. The third-order valence-corrected chi connectivity index (χ3v) is 0.516. The molecule has 0 aliphatic carbocycles. The van der Waals surface area contributed by atoms with E-state index < -0.39 is 25.8 Å². The molecule has 0 heterocycles. The monoisotopic (exact) mass is 152 g/mol. The quantitative estimate of drug-likeness (QED) is 0.453. The third-order valence-electron chi connectivity index (χ3n) is 0.516. The molecule has 7 heteroatoms. The third kappa shape index (κ3) is 5.01. The molecular formula is C3H3BF2O4. The normalized spacial score (nSPS) is 8.60. The predicted octanol–water partition coefficient (Wildman–Crippen LogP) is -0.0718. The van der Waals surface area contributed by atoms with Gasteiger partial charge in [0, 0.05) is 0 Å². The van der Waals surface area contributed by atoms with Crippen LogP contribution in [0.4, 0.5) is 8.63 Å². The smallest absolute Gasteiger partial charge is 0.481 e. The van der Waals surface area contributed by atoms with Gasteiger partial charge in [-0.1, -0.05) is 0 Å². The van der Waals surface area contributed by atoms with Crippen molar-refractivity contribution in [3.8, 4) is 0 Å². The van der Waals surface area contributed by atoms with Crippen LogP contribution in [0.5, 0.6) is 0 Å². The maximum absolute atomic E-state index is 11.1. The molecule has 0 aromatic heterocycles. The van der Waals surface area contributed by atoms with Gasteiger partial charge in [0.2, 0.25) is 0 Å². The average Bonchev–Trinajstić information content (AvgIpc) is 1.58. The van der Waals surface area contributed by atoms with E-state index in [1.807, 2.05) is 0 Å². The Morgan fingerprint density at radius 1 is 1.50 bits per heavy atom. The molecule has 0 rings (SSSR count). The summed E-state index contributed by atoms with van der Waals surface area (Å²) in [5.74, 6) is -2.94. The summed E-state index contributed by atoms with van der Waals surface area (Å²) in [6, 6.07) is 0. The molecule has 10 heavy (non-hydrogen) atoms. The molecule has 0 radical (unpaired) electrons. The van der Waals surface area contributed by atoms with Crippen molar-refractivity contribution in [2.75, 3.05) is 0 Å². The molecule has 0 aliphatic heterocycles. The second-order valence-electron chi connectivity index (χ2n) is 1.32. The maximum atomic E-state index is 11.1. The van der Waals surface area contributed by atoms with Crippen LogP contribution in [0.25, 0.3) is 0 Å². The van der Waals surface area contributed by atoms with E-state index in [4.69, 9.17) is 5.11 Å². The van der Waals surface area contributed by atoms with E-state index in [0.29, 0.717) is 0 Å². The van der Waals surface area contributed by atoms with E-state index >= 15 is 0 Å². The molecule has 0 aromatic carbocycles. The molecule has 0 amide bonds. The zero-order valence-corrected chi connectivity index (χ0v) is 4.71. The minimum absolute atomic E-state index is 1.04. The van der Waals surface area contributed by atoms with Gasteiger partial charge in [-0.2, -0.15) is 0 Å². The Balaban J connectivity index is 3.54. The summed E-state index contributed by atoms with van der Waals surface area (Å²) in [4.78, 5) is 19.6. The van der Waals surface area contributed by atoms with Gasteiger partial charge >= 0.3 is 19.4 Å². The van der Waals surface area contributed by atoms with Crippen LogP contribution in [0, 0.1) is 0 Å². The second-order valence-corrected chi connectivity index (χ2v) is 1.32. The van der Waals surface area contributed by atoms with Crippen molar-refractivity contribution in [1.82, 2.24) is 0 Å². The molecule has 0 atom stereocenters. The predicted molar refractivity (Wildman–Crippen MR) is 26.3 cm³/mol. The van der Waals surface area contributed by atoms with Crippen LogP contribution in [0.15, 0.2) is 0 Å².